The van der Waals surface area contributed by atoms with Crippen LogP contribution >= 0.6 is 0 Å². The zero-order valence-corrected chi connectivity index (χ0v) is 8.62. The first-order chi connectivity index (χ1) is 7.59. The van der Waals surface area contributed by atoms with Gasteiger partial charge in [0.25, 0.3) is 5.91 Å². The van der Waals surface area contributed by atoms with Gasteiger partial charge in [-0.3, -0.25) is 14.7 Å². The van der Waals surface area contributed by atoms with Crippen LogP contribution in [0.3, 0.4) is 0 Å². The number of nitrogens with two attached hydrogens (primary N) is 2. The molecule has 2 amide bonds. The number of rotatable bonds is 4. The third kappa shape index (κ3) is 1.97. The number of anilines is 1. The highest BCUT2D eigenvalue weighted by molar-refractivity contribution is 5.99. The molecule has 1 aromatic heterocycles. The van der Waals surface area contributed by atoms with Crippen LogP contribution in [0, 0.1) is 0 Å². The van der Waals surface area contributed by atoms with Crippen molar-refractivity contribution in [3.05, 3.63) is 11.4 Å². The normalized spacial score (nSPS) is 14.8. The Morgan fingerprint density at radius 1 is 1.50 bits per heavy atom. The standard InChI is InChI=1S/C9H13N5O2/c10-5(15)3-12-9(16)8-6(11)7(13-14-8)4-1-2-4/h4H,1-3,11H2,(H2,10,15)(H,12,16)(H,13,14). The van der Waals surface area contributed by atoms with Crippen LogP contribution in [-0.4, -0.2) is 28.6 Å². The van der Waals surface area contributed by atoms with Gasteiger partial charge in [-0.2, -0.15) is 5.10 Å². The molecule has 16 heavy (non-hydrogen) atoms. The molecule has 1 aromatic rings. The van der Waals surface area contributed by atoms with E-state index < -0.39 is 11.8 Å². The lowest BCUT2D eigenvalue weighted by Gasteiger charge is -2.00. The van der Waals surface area contributed by atoms with Crippen LogP contribution in [0.4, 0.5) is 5.69 Å². The molecule has 1 fully saturated rings. The number of nitrogens with zero attached hydrogens (tertiary/aromatic N) is 1. The molecule has 1 aliphatic carbocycles. The number of nitrogens with one attached hydrogen (secondary N) is 2. The predicted octanol–water partition coefficient (Wildman–Crippen LogP) is -0.916. The van der Waals surface area contributed by atoms with E-state index in [2.05, 4.69) is 15.5 Å². The average molecular weight is 223 g/mol. The van der Waals surface area contributed by atoms with Gasteiger partial charge in [-0.05, 0) is 12.8 Å². The smallest absolute Gasteiger partial charge is 0.274 e. The SMILES string of the molecule is NC(=O)CNC(=O)c1n[nH]c(C2CC2)c1N. The van der Waals surface area contributed by atoms with Crippen LogP contribution in [0.1, 0.15) is 34.9 Å². The van der Waals surface area contributed by atoms with E-state index in [9.17, 15) is 9.59 Å². The second kappa shape index (κ2) is 3.84. The number of hydrogen-bond acceptors (Lipinski definition) is 4. The summed E-state index contributed by atoms with van der Waals surface area (Å²) in [7, 11) is 0. The summed E-state index contributed by atoms with van der Waals surface area (Å²) in [6, 6.07) is 0. The van der Waals surface area contributed by atoms with E-state index in [4.69, 9.17) is 11.5 Å². The molecule has 7 nitrogen and oxygen atoms in total. The van der Waals surface area contributed by atoms with Crippen molar-refractivity contribution in [1.82, 2.24) is 15.5 Å². The molecule has 0 saturated heterocycles. The number of carbonyl (C=O) groups excluding carboxylic acids is 2. The summed E-state index contributed by atoms with van der Waals surface area (Å²) < 4.78 is 0. The highest BCUT2D eigenvalue weighted by atomic mass is 16.2. The van der Waals surface area contributed by atoms with Gasteiger partial charge in [-0.1, -0.05) is 0 Å². The Morgan fingerprint density at radius 2 is 2.19 bits per heavy atom. The number of H-pyrrole nitrogens is 1. The molecule has 0 bridgehead atoms. The summed E-state index contributed by atoms with van der Waals surface area (Å²) >= 11 is 0. The van der Waals surface area contributed by atoms with E-state index in [1.54, 1.807) is 0 Å². The predicted molar refractivity (Wildman–Crippen MR) is 56.5 cm³/mol. The third-order valence-electron chi connectivity index (χ3n) is 2.46. The number of amides is 2. The molecule has 0 radical (unpaired) electrons. The minimum atomic E-state index is -0.607. The Bertz CT molecular complexity index is 435. The lowest BCUT2D eigenvalue weighted by Crippen LogP contribution is -2.33. The first kappa shape index (κ1) is 10.5. The maximum absolute atomic E-state index is 11.5. The maximum Gasteiger partial charge on any atom is 0.274 e. The van der Waals surface area contributed by atoms with E-state index in [-0.39, 0.29) is 12.2 Å². The Hall–Kier alpha value is -2.05. The molecule has 0 aromatic carbocycles. The summed E-state index contributed by atoms with van der Waals surface area (Å²) in [4.78, 5) is 22.0. The van der Waals surface area contributed by atoms with Crippen LogP contribution in [0.25, 0.3) is 0 Å². The Kier molecular flexibility index (Phi) is 2.51. The van der Waals surface area contributed by atoms with Crippen molar-refractivity contribution >= 4 is 17.5 Å². The van der Waals surface area contributed by atoms with E-state index in [1.807, 2.05) is 0 Å². The second-order valence-corrected chi connectivity index (χ2v) is 3.82. The van der Waals surface area contributed by atoms with Crippen molar-refractivity contribution in [2.45, 2.75) is 18.8 Å². The molecule has 7 heteroatoms. The Labute approximate surface area is 91.6 Å². The quantitative estimate of drug-likeness (QED) is 0.526. The second-order valence-electron chi connectivity index (χ2n) is 3.82. The van der Waals surface area contributed by atoms with Crippen LogP contribution in [0.5, 0.6) is 0 Å². The van der Waals surface area contributed by atoms with Gasteiger partial charge in [0.2, 0.25) is 5.91 Å². The number of nitrogen functional groups attached to an aromatic ring is 1. The average Bonchev–Trinajstić information content (AvgIpc) is 2.99. The zero-order chi connectivity index (χ0) is 11.7. The van der Waals surface area contributed by atoms with Gasteiger partial charge < -0.3 is 16.8 Å². The minimum absolute atomic E-state index is 0.128. The van der Waals surface area contributed by atoms with Crippen LogP contribution in [0.2, 0.25) is 0 Å². The molecule has 1 heterocycles. The number of aromatic amines is 1. The first-order valence-electron chi connectivity index (χ1n) is 5.00. The largest absolute Gasteiger partial charge is 0.395 e. The molecule has 0 unspecified atom stereocenters. The van der Waals surface area contributed by atoms with Gasteiger partial charge >= 0.3 is 0 Å². The molecule has 6 N–H and O–H groups in total. The fourth-order valence-electron chi connectivity index (χ4n) is 1.47. The van der Waals surface area contributed by atoms with Crippen molar-refractivity contribution < 1.29 is 9.59 Å². The molecule has 2 rings (SSSR count). The van der Waals surface area contributed by atoms with Crippen LogP contribution < -0.4 is 16.8 Å². The van der Waals surface area contributed by atoms with Crippen LogP contribution in [-0.2, 0) is 4.79 Å². The fourth-order valence-corrected chi connectivity index (χ4v) is 1.47. The summed E-state index contributed by atoms with van der Waals surface area (Å²) in [5.41, 5.74) is 12.0. The molecule has 1 aliphatic rings. The topological polar surface area (TPSA) is 127 Å². The van der Waals surface area contributed by atoms with E-state index in [1.165, 1.54) is 0 Å². The Balaban J connectivity index is 2.08. The van der Waals surface area contributed by atoms with Crippen molar-refractivity contribution in [1.29, 1.82) is 0 Å². The molecule has 0 spiro atoms. The highest BCUT2D eigenvalue weighted by Gasteiger charge is 2.30. The number of aromatic nitrogens is 2. The highest BCUT2D eigenvalue weighted by Crippen LogP contribution is 2.42. The maximum atomic E-state index is 11.5. The van der Waals surface area contributed by atoms with Gasteiger partial charge in [0, 0.05) is 5.92 Å². The van der Waals surface area contributed by atoms with Crippen molar-refractivity contribution in [2.24, 2.45) is 5.73 Å². The molecule has 0 atom stereocenters. The van der Waals surface area contributed by atoms with Gasteiger partial charge in [0.05, 0.1) is 17.9 Å². The number of primary amides is 1. The third-order valence-corrected chi connectivity index (χ3v) is 2.46. The fraction of sp³-hybridized carbons (Fsp3) is 0.444. The molecule has 0 aliphatic heterocycles. The first-order valence-corrected chi connectivity index (χ1v) is 5.00. The zero-order valence-electron chi connectivity index (χ0n) is 8.62. The van der Waals surface area contributed by atoms with Crippen molar-refractivity contribution in [2.75, 3.05) is 12.3 Å². The summed E-state index contributed by atoms with van der Waals surface area (Å²) in [5.74, 6) is -0.700. The number of carbonyl (C=O) groups is 2. The molecule has 86 valence electrons. The molecule has 1 saturated carbocycles. The molecular weight excluding hydrogens is 210 g/mol. The van der Waals surface area contributed by atoms with Crippen LogP contribution in [0.15, 0.2) is 0 Å². The lowest BCUT2D eigenvalue weighted by atomic mass is 10.2. The van der Waals surface area contributed by atoms with E-state index in [0.29, 0.717) is 11.6 Å². The summed E-state index contributed by atoms with van der Waals surface area (Å²) in [5, 5.41) is 8.93. The van der Waals surface area contributed by atoms with Gasteiger partial charge in [-0.25, -0.2) is 0 Å². The minimum Gasteiger partial charge on any atom is -0.395 e. The van der Waals surface area contributed by atoms with Crippen molar-refractivity contribution in [3.8, 4) is 0 Å². The molecular formula is C9H13N5O2. The summed E-state index contributed by atoms with van der Waals surface area (Å²) in [6.45, 7) is -0.218. The van der Waals surface area contributed by atoms with E-state index in [0.717, 1.165) is 18.5 Å². The van der Waals surface area contributed by atoms with Gasteiger partial charge in [0.1, 0.15) is 0 Å². The monoisotopic (exact) mass is 223 g/mol. The Morgan fingerprint density at radius 3 is 2.75 bits per heavy atom. The van der Waals surface area contributed by atoms with Gasteiger partial charge in [0.15, 0.2) is 5.69 Å². The van der Waals surface area contributed by atoms with Crippen molar-refractivity contribution in [3.63, 3.8) is 0 Å². The van der Waals surface area contributed by atoms with Gasteiger partial charge in [-0.15, -0.1) is 0 Å². The summed E-state index contributed by atoms with van der Waals surface area (Å²) in [6.07, 6.45) is 2.13. The number of hydrogen-bond donors (Lipinski definition) is 4. The lowest BCUT2D eigenvalue weighted by molar-refractivity contribution is -0.117. The van der Waals surface area contributed by atoms with E-state index >= 15 is 0 Å².